The van der Waals surface area contributed by atoms with E-state index in [4.69, 9.17) is 4.74 Å². The van der Waals surface area contributed by atoms with Gasteiger partial charge in [-0.1, -0.05) is 96.1 Å². The topological polar surface area (TPSA) is 24.8 Å². The van der Waals surface area contributed by atoms with E-state index < -0.39 is 0 Å². The maximum absolute atomic E-state index is 6.09. The first-order valence-corrected chi connectivity index (χ1v) is 11.7. The summed E-state index contributed by atoms with van der Waals surface area (Å²) in [5.41, 5.74) is 6.41. The van der Waals surface area contributed by atoms with Gasteiger partial charge in [0.25, 0.3) is 0 Å². The van der Waals surface area contributed by atoms with Gasteiger partial charge in [0.1, 0.15) is 0 Å². The van der Waals surface area contributed by atoms with E-state index >= 15 is 0 Å². The summed E-state index contributed by atoms with van der Waals surface area (Å²) in [5.74, 6) is 0. The van der Waals surface area contributed by atoms with Crippen molar-refractivity contribution in [1.82, 2.24) is 5.01 Å². The van der Waals surface area contributed by atoms with Gasteiger partial charge in [-0.15, -0.1) is 0 Å². The molecule has 0 N–H and O–H groups in total. The Morgan fingerprint density at radius 3 is 2.09 bits per heavy atom. The molecule has 3 nitrogen and oxygen atoms in total. The van der Waals surface area contributed by atoms with Crippen LogP contribution in [0.4, 0.5) is 0 Å². The second-order valence-corrected chi connectivity index (χ2v) is 10.4. The van der Waals surface area contributed by atoms with E-state index in [1.165, 1.54) is 22.3 Å². The number of hydrazone groups is 1. The number of ether oxygens (including phenoxy) is 1. The number of allylic oxidation sites excluding steroid dienone is 1. The minimum atomic E-state index is 0.0337. The van der Waals surface area contributed by atoms with Crippen molar-refractivity contribution in [3.8, 4) is 0 Å². The van der Waals surface area contributed by atoms with Crippen LogP contribution in [0.2, 0.25) is 0 Å². The molecule has 0 unspecified atom stereocenters. The second kappa shape index (κ2) is 11.5. The summed E-state index contributed by atoms with van der Waals surface area (Å²) in [4.78, 5) is 0. The third-order valence-corrected chi connectivity index (χ3v) is 6.38. The quantitative estimate of drug-likeness (QED) is 0.269. The Morgan fingerprint density at radius 2 is 1.53 bits per heavy atom. The van der Waals surface area contributed by atoms with Crippen LogP contribution in [0.15, 0.2) is 65.3 Å². The third kappa shape index (κ3) is 7.34. The van der Waals surface area contributed by atoms with E-state index in [0.29, 0.717) is 6.61 Å². The smallest absolute Gasteiger partial charge is 0.0719 e. The van der Waals surface area contributed by atoms with E-state index in [1.807, 2.05) is 0 Å². The molecule has 0 aliphatic heterocycles. The second-order valence-electron chi connectivity index (χ2n) is 10.4. The lowest BCUT2D eigenvalue weighted by Gasteiger charge is -2.30. The molecule has 0 amide bonds. The standard InChI is InChI=1S/C29H42N2O/c1-9-29(6,7)22-32-21-26-18-14-13-15-24(26)19-20-31(30-8)27(23(2)28(3,4)5)25-16-11-10-12-17-25/h10-18H,8-9,19-22H2,1-7H3/b27-23+. The molecule has 0 bridgehead atoms. The molecule has 0 saturated carbocycles. The van der Waals surface area contributed by atoms with Crippen molar-refractivity contribution in [2.75, 3.05) is 13.2 Å². The van der Waals surface area contributed by atoms with Crippen LogP contribution >= 0.6 is 0 Å². The van der Waals surface area contributed by atoms with Crippen LogP contribution < -0.4 is 0 Å². The molecule has 0 atom stereocenters. The molecule has 0 aliphatic carbocycles. The zero-order valence-corrected chi connectivity index (χ0v) is 21.2. The van der Waals surface area contributed by atoms with Gasteiger partial charge < -0.3 is 4.74 Å². The highest BCUT2D eigenvalue weighted by Gasteiger charge is 2.22. The van der Waals surface area contributed by atoms with Crippen LogP contribution in [-0.4, -0.2) is 24.9 Å². The number of nitrogens with zero attached hydrogens (tertiary/aromatic N) is 2. The summed E-state index contributed by atoms with van der Waals surface area (Å²) < 4.78 is 6.09. The molecule has 0 aliphatic rings. The first kappa shape index (κ1) is 25.9. The van der Waals surface area contributed by atoms with Crippen LogP contribution in [0.1, 0.15) is 71.6 Å². The van der Waals surface area contributed by atoms with E-state index in [2.05, 4.69) is 120 Å². The Kier molecular flexibility index (Phi) is 9.27. The highest BCUT2D eigenvalue weighted by molar-refractivity contribution is 5.68. The molecule has 174 valence electrons. The zero-order chi connectivity index (χ0) is 23.8. The van der Waals surface area contributed by atoms with E-state index in [0.717, 1.165) is 31.7 Å². The fourth-order valence-corrected chi connectivity index (χ4v) is 3.47. The number of hydrogen-bond donors (Lipinski definition) is 0. The lowest BCUT2D eigenvalue weighted by molar-refractivity contribution is 0.0491. The summed E-state index contributed by atoms with van der Waals surface area (Å²) in [7, 11) is 0. The molecule has 0 radical (unpaired) electrons. The van der Waals surface area contributed by atoms with Gasteiger partial charge in [-0.2, -0.15) is 5.10 Å². The number of benzene rings is 2. The van der Waals surface area contributed by atoms with Crippen molar-refractivity contribution >= 4 is 12.4 Å². The molecule has 3 heteroatoms. The van der Waals surface area contributed by atoms with Crippen LogP contribution in [0.3, 0.4) is 0 Å². The van der Waals surface area contributed by atoms with Gasteiger partial charge in [0.15, 0.2) is 0 Å². The Labute approximate surface area is 196 Å². The van der Waals surface area contributed by atoms with Gasteiger partial charge in [0, 0.05) is 13.3 Å². The minimum Gasteiger partial charge on any atom is -0.376 e. The van der Waals surface area contributed by atoms with Gasteiger partial charge in [-0.3, -0.25) is 5.01 Å². The molecule has 2 aromatic rings. The van der Waals surface area contributed by atoms with Crippen molar-refractivity contribution in [3.05, 3.63) is 76.9 Å². The maximum atomic E-state index is 6.09. The Morgan fingerprint density at radius 1 is 0.938 bits per heavy atom. The third-order valence-electron chi connectivity index (χ3n) is 6.38. The predicted octanol–water partition coefficient (Wildman–Crippen LogP) is 7.58. The number of rotatable bonds is 11. The zero-order valence-electron chi connectivity index (χ0n) is 21.2. The average molecular weight is 435 g/mol. The van der Waals surface area contributed by atoms with E-state index in [1.54, 1.807) is 0 Å². The van der Waals surface area contributed by atoms with Crippen LogP contribution in [0.25, 0.3) is 5.70 Å². The lowest BCUT2D eigenvalue weighted by atomic mass is 9.84. The van der Waals surface area contributed by atoms with Gasteiger partial charge in [0.2, 0.25) is 0 Å². The Hall–Kier alpha value is -2.39. The Balaban J connectivity index is 2.23. The van der Waals surface area contributed by atoms with Gasteiger partial charge >= 0.3 is 0 Å². The van der Waals surface area contributed by atoms with Crippen molar-refractivity contribution in [3.63, 3.8) is 0 Å². The SMILES string of the molecule is C=NN(CCc1ccccc1COCC(C)(C)CC)/C(=C(\C)C(C)(C)C)c1ccccc1. The van der Waals surface area contributed by atoms with E-state index in [9.17, 15) is 0 Å². The molecule has 2 aromatic carbocycles. The molecular formula is C29H42N2O. The molecular weight excluding hydrogens is 392 g/mol. The van der Waals surface area contributed by atoms with E-state index in [-0.39, 0.29) is 10.8 Å². The first-order valence-electron chi connectivity index (χ1n) is 11.7. The predicted molar refractivity (Wildman–Crippen MR) is 139 cm³/mol. The normalized spacial score (nSPS) is 13.0. The average Bonchev–Trinajstić information content (AvgIpc) is 2.77. The largest absolute Gasteiger partial charge is 0.376 e. The summed E-state index contributed by atoms with van der Waals surface area (Å²) in [6.45, 7) is 21.7. The fourth-order valence-electron chi connectivity index (χ4n) is 3.47. The number of hydrogen-bond acceptors (Lipinski definition) is 3. The van der Waals surface area contributed by atoms with Crippen molar-refractivity contribution in [1.29, 1.82) is 0 Å². The maximum Gasteiger partial charge on any atom is 0.0719 e. The highest BCUT2D eigenvalue weighted by atomic mass is 16.5. The molecule has 2 rings (SSSR count). The monoisotopic (exact) mass is 434 g/mol. The summed E-state index contributed by atoms with van der Waals surface area (Å²) in [6.07, 6.45) is 1.99. The molecule has 0 saturated heterocycles. The molecule has 0 fully saturated rings. The lowest BCUT2D eigenvalue weighted by Crippen LogP contribution is -2.23. The molecule has 0 spiro atoms. The highest BCUT2D eigenvalue weighted by Crippen LogP contribution is 2.34. The van der Waals surface area contributed by atoms with Crippen molar-refractivity contribution in [2.24, 2.45) is 15.9 Å². The summed E-state index contributed by atoms with van der Waals surface area (Å²) in [5, 5.41) is 6.51. The molecule has 0 heterocycles. The van der Waals surface area contributed by atoms with Gasteiger partial charge in [-0.05, 0) is 52.9 Å². The summed E-state index contributed by atoms with van der Waals surface area (Å²) in [6, 6.07) is 19.1. The Bertz CT molecular complexity index is 891. The molecule has 32 heavy (non-hydrogen) atoms. The summed E-state index contributed by atoms with van der Waals surface area (Å²) >= 11 is 0. The first-order chi connectivity index (χ1) is 15.1. The van der Waals surface area contributed by atoms with Crippen LogP contribution in [0.5, 0.6) is 0 Å². The van der Waals surface area contributed by atoms with Gasteiger partial charge in [0.05, 0.1) is 18.9 Å². The minimum absolute atomic E-state index is 0.0337. The van der Waals surface area contributed by atoms with Crippen LogP contribution in [0, 0.1) is 10.8 Å². The van der Waals surface area contributed by atoms with Gasteiger partial charge in [-0.25, -0.2) is 0 Å². The fraction of sp³-hybridized carbons (Fsp3) is 0.483. The van der Waals surface area contributed by atoms with Crippen LogP contribution in [-0.2, 0) is 17.8 Å². The van der Waals surface area contributed by atoms with Crippen molar-refractivity contribution < 1.29 is 4.74 Å². The molecule has 0 aromatic heterocycles. The van der Waals surface area contributed by atoms with Crippen molar-refractivity contribution in [2.45, 2.75) is 67.9 Å².